The number of ether oxygens (including phenoxy) is 1. The van der Waals surface area contributed by atoms with Gasteiger partial charge in [0.1, 0.15) is 5.52 Å². The van der Waals surface area contributed by atoms with E-state index in [4.69, 9.17) is 16.3 Å². The summed E-state index contributed by atoms with van der Waals surface area (Å²) < 4.78 is 19.8. The summed E-state index contributed by atoms with van der Waals surface area (Å²) in [7, 11) is 1.57. The molecule has 1 aromatic heterocycles. The predicted molar refractivity (Wildman–Crippen MR) is 84.3 cm³/mol. The second-order valence-corrected chi connectivity index (χ2v) is 6.39. The van der Waals surface area contributed by atoms with Crippen molar-refractivity contribution in [1.82, 2.24) is 9.97 Å². The summed E-state index contributed by atoms with van der Waals surface area (Å²) in [5, 5.41) is 1.53. The molecule has 2 rings (SSSR count). The van der Waals surface area contributed by atoms with Gasteiger partial charge >= 0.3 is 0 Å². The molecule has 0 amide bonds. The van der Waals surface area contributed by atoms with Gasteiger partial charge in [0.15, 0.2) is 11.0 Å². The highest BCUT2D eigenvalue weighted by Crippen LogP contribution is 2.34. The maximum absolute atomic E-state index is 14.3. The summed E-state index contributed by atoms with van der Waals surface area (Å²) in [4.78, 5) is 8.49. The molecule has 0 bridgehead atoms. The molecule has 0 saturated carbocycles. The van der Waals surface area contributed by atoms with Crippen LogP contribution >= 0.6 is 46.0 Å². The van der Waals surface area contributed by atoms with Crippen LogP contribution in [0.4, 0.5) is 4.39 Å². The molecule has 1 heterocycles. The molecule has 0 atom stereocenters. The number of hydrogen-bond donors (Lipinski definition) is 0. The van der Waals surface area contributed by atoms with E-state index in [1.54, 1.807) is 13.3 Å². The highest BCUT2D eigenvalue weighted by atomic mass is 127. The van der Waals surface area contributed by atoms with Gasteiger partial charge in [0.25, 0.3) is 0 Å². The molecule has 19 heavy (non-hydrogen) atoms. The first kappa shape index (κ1) is 15.2. The van der Waals surface area contributed by atoms with Crippen LogP contribution in [0.2, 0.25) is 5.02 Å². The van der Waals surface area contributed by atoms with E-state index in [2.05, 4.69) is 9.97 Å². The molecule has 0 spiro atoms. The molecule has 0 aliphatic rings. The van der Waals surface area contributed by atoms with Crippen molar-refractivity contribution >= 4 is 56.9 Å². The van der Waals surface area contributed by atoms with Gasteiger partial charge in [-0.05, 0) is 28.3 Å². The second-order valence-electron chi connectivity index (χ2n) is 3.70. The minimum atomic E-state index is -0.402. The van der Waals surface area contributed by atoms with E-state index in [0.717, 1.165) is 11.3 Å². The molecular formula is C12H11ClFIN2OS. The highest BCUT2D eigenvalue weighted by Gasteiger charge is 2.18. The van der Waals surface area contributed by atoms with E-state index in [1.807, 2.05) is 29.5 Å². The van der Waals surface area contributed by atoms with Crippen molar-refractivity contribution in [3.8, 4) is 0 Å². The Bertz CT molecular complexity index is 626. The Kier molecular flexibility index (Phi) is 5.22. The maximum Gasteiger partial charge on any atom is 0.188 e. The van der Waals surface area contributed by atoms with Gasteiger partial charge in [-0.3, -0.25) is 0 Å². The number of nitrogens with zero attached hydrogens (tertiary/aromatic N) is 2. The topological polar surface area (TPSA) is 35.0 Å². The van der Waals surface area contributed by atoms with Crippen LogP contribution in [-0.2, 0) is 11.3 Å². The third kappa shape index (κ3) is 2.96. The van der Waals surface area contributed by atoms with Crippen molar-refractivity contribution < 1.29 is 9.13 Å². The number of fused-ring (bicyclic) bond motifs is 1. The Hall–Kier alpha value is -0.180. The van der Waals surface area contributed by atoms with Crippen molar-refractivity contribution in [1.29, 1.82) is 0 Å². The molecule has 0 unspecified atom stereocenters. The van der Waals surface area contributed by atoms with Crippen LogP contribution in [0.3, 0.4) is 0 Å². The fourth-order valence-corrected chi connectivity index (χ4v) is 3.05. The Morgan fingerprint density at radius 3 is 2.89 bits per heavy atom. The van der Waals surface area contributed by atoms with E-state index in [-0.39, 0.29) is 0 Å². The lowest BCUT2D eigenvalue weighted by Gasteiger charge is -2.11. The van der Waals surface area contributed by atoms with Crippen LogP contribution in [0, 0.1) is 9.39 Å². The van der Waals surface area contributed by atoms with E-state index < -0.39 is 5.82 Å². The van der Waals surface area contributed by atoms with Crippen LogP contribution < -0.4 is 0 Å². The Morgan fingerprint density at radius 2 is 2.26 bits per heavy atom. The minimum Gasteiger partial charge on any atom is -0.380 e. The van der Waals surface area contributed by atoms with Crippen molar-refractivity contribution in [2.24, 2.45) is 0 Å². The van der Waals surface area contributed by atoms with E-state index >= 15 is 0 Å². The standard InChI is InChI=1S/C12H11ClFIN2OS/c1-3-19-12-16-4-6-7(5-18-2)8(13)10(15)9(14)11(6)17-12/h4H,3,5H2,1-2H3. The predicted octanol–water partition coefficient (Wildman–Crippen LogP) is 4.29. The Labute approximate surface area is 133 Å². The molecule has 0 saturated heterocycles. The maximum atomic E-state index is 14.3. The number of aromatic nitrogens is 2. The fraction of sp³-hybridized carbons (Fsp3) is 0.333. The fourth-order valence-electron chi connectivity index (χ4n) is 1.69. The van der Waals surface area contributed by atoms with Crippen molar-refractivity contribution in [2.75, 3.05) is 12.9 Å². The van der Waals surface area contributed by atoms with Gasteiger partial charge < -0.3 is 4.74 Å². The zero-order chi connectivity index (χ0) is 14.0. The van der Waals surface area contributed by atoms with Gasteiger partial charge in [-0.2, -0.15) is 0 Å². The average Bonchev–Trinajstić information content (AvgIpc) is 2.42. The van der Waals surface area contributed by atoms with Gasteiger partial charge in [-0.1, -0.05) is 30.3 Å². The molecule has 2 aromatic rings. The van der Waals surface area contributed by atoms with Gasteiger partial charge in [0.05, 0.1) is 15.2 Å². The highest BCUT2D eigenvalue weighted by molar-refractivity contribution is 14.1. The summed E-state index contributed by atoms with van der Waals surface area (Å²) in [5.41, 5.74) is 1.02. The number of benzene rings is 1. The smallest absolute Gasteiger partial charge is 0.188 e. The van der Waals surface area contributed by atoms with Gasteiger partial charge in [0, 0.05) is 24.3 Å². The molecule has 0 aliphatic carbocycles. The largest absolute Gasteiger partial charge is 0.380 e. The van der Waals surface area contributed by atoms with E-state index in [1.165, 1.54) is 11.8 Å². The molecular weight excluding hydrogens is 402 g/mol. The number of thioether (sulfide) groups is 1. The van der Waals surface area contributed by atoms with Crippen molar-refractivity contribution in [2.45, 2.75) is 18.7 Å². The number of rotatable bonds is 4. The molecule has 0 fully saturated rings. The number of methoxy groups -OCH3 is 1. The van der Waals surface area contributed by atoms with Crippen molar-refractivity contribution in [3.05, 3.63) is 26.2 Å². The first-order valence-electron chi connectivity index (χ1n) is 5.54. The van der Waals surface area contributed by atoms with Crippen LogP contribution in [0.25, 0.3) is 10.9 Å². The molecule has 102 valence electrons. The van der Waals surface area contributed by atoms with Gasteiger partial charge in [-0.25, -0.2) is 14.4 Å². The second kappa shape index (κ2) is 6.51. The van der Waals surface area contributed by atoms with Gasteiger partial charge in [0.2, 0.25) is 0 Å². The lowest BCUT2D eigenvalue weighted by atomic mass is 10.1. The zero-order valence-corrected chi connectivity index (χ0v) is 14.1. The molecule has 0 aliphatic heterocycles. The molecule has 0 radical (unpaired) electrons. The third-order valence-corrected chi connectivity index (χ3v) is 5.00. The number of halogens is 3. The first-order valence-corrected chi connectivity index (χ1v) is 7.98. The molecule has 0 N–H and O–H groups in total. The first-order chi connectivity index (χ1) is 9.10. The minimum absolute atomic E-state index is 0.298. The SMILES string of the molecule is CCSc1ncc2c(COC)c(Cl)c(I)c(F)c2n1. The lowest BCUT2D eigenvalue weighted by molar-refractivity contribution is 0.186. The lowest BCUT2D eigenvalue weighted by Crippen LogP contribution is -2.01. The summed E-state index contributed by atoms with van der Waals surface area (Å²) in [6.07, 6.45) is 1.61. The Morgan fingerprint density at radius 1 is 1.53 bits per heavy atom. The Balaban J connectivity index is 2.73. The monoisotopic (exact) mass is 412 g/mol. The van der Waals surface area contributed by atoms with E-state index in [0.29, 0.717) is 31.3 Å². The molecule has 1 aromatic carbocycles. The van der Waals surface area contributed by atoms with Gasteiger partial charge in [-0.15, -0.1) is 0 Å². The van der Waals surface area contributed by atoms with Crippen LogP contribution in [0.5, 0.6) is 0 Å². The summed E-state index contributed by atoms with van der Waals surface area (Å²) >= 11 is 9.53. The normalized spacial score (nSPS) is 11.2. The summed E-state index contributed by atoms with van der Waals surface area (Å²) in [5.74, 6) is 0.434. The quantitative estimate of drug-likeness (QED) is 0.325. The number of hydrogen-bond acceptors (Lipinski definition) is 4. The van der Waals surface area contributed by atoms with E-state index in [9.17, 15) is 4.39 Å². The average molecular weight is 413 g/mol. The van der Waals surface area contributed by atoms with Crippen LogP contribution in [0.1, 0.15) is 12.5 Å². The third-order valence-electron chi connectivity index (χ3n) is 2.51. The zero-order valence-electron chi connectivity index (χ0n) is 10.3. The molecule has 3 nitrogen and oxygen atoms in total. The summed E-state index contributed by atoms with van der Waals surface area (Å²) in [6.45, 7) is 2.30. The van der Waals surface area contributed by atoms with Crippen LogP contribution in [-0.4, -0.2) is 22.8 Å². The summed E-state index contributed by atoms with van der Waals surface area (Å²) in [6, 6.07) is 0. The molecule has 7 heteroatoms. The van der Waals surface area contributed by atoms with Crippen LogP contribution in [0.15, 0.2) is 11.4 Å². The van der Waals surface area contributed by atoms with Crippen molar-refractivity contribution in [3.63, 3.8) is 0 Å².